The van der Waals surface area contributed by atoms with Gasteiger partial charge in [0.15, 0.2) is 5.82 Å². The van der Waals surface area contributed by atoms with E-state index in [0.29, 0.717) is 24.2 Å². The number of hydrogen-bond acceptors (Lipinski definition) is 8. The highest BCUT2D eigenvalue weighted by Gasteiger charge is 2.39. The van der Waals surface area contributed by atoms with Crippen LogP contribution < -0.4 is 5.73 Å². The molecule has 2 saturated heterocycles. The van der Waals surface area contributed by atoms with Crippen LogP contribution in [0.3, 0.4) is 0 Å². The zero-order chi connectivity index (χ0) is 28.1. The monoisotopic (exact) mass is 545 g/mol. The third-order valence-electron chi connectivity index (χ3n) is 8.78. The molecule has 1 aliphatic carbocycles. The number of rotatable bonds is 3. The molecule has 3 aromatic rings. The normalized spacial score (nSPS) is 21.1. The van der Waals surface area contributed by atoms with E-state index >= 15 is 0 Å². The summed E-state index contributed by atoms with van der Waals surface area (Å²) in [7, 11) is 2.03. The molecule has 0 aromatic carbocycles. The Balaban J connectivity index is 1.29. The Morgan fingerprint density at radius 1 is 1.12 bits per heavy atom. The van der Waals surface area contributed by atoms with Crippen LogP contribution in [0.5, 0.6) is 0 Å². The van der Waals surface area contributed by atoms with Crippen molar-refractivity contribution < 1.29 is 14.3 Å². The molecule has 212 valence electrons. The first-order valence-electron chi connectivity index (χ1n) is 14.3. The quantitative estimate of drug-likeness (QED) is 0.483. The maximum atomic E-state index is 12.6. The standard InChI is InChI=1S/C30H39N7O3/c1-29(2,3)40-28(38)37-12-10-30(11-13-37)8-5-19(6-9-30)24-22(23-25(31)34-18-35-27(23)36(24)4)26-32-15-21(16-33-26)20-7-14-39-17-20/h5,15-16,18,20H,6-14,17H2,1-4H3,(H2,31,34,35). The molecule has 5 heterocycles. The summed E-state index contributed by atoms with van der Waals surface area (Å²) in [4.78, 5) is 33.0. The maximum absolute atomic E-state index is 12.6. The Labute approximate surface area is 235 Å². The number of nitrogens with zero attached hydrogens (tertiary/aromatic N) is 6. The topological polar surface area (TPSA) is 121 Å². The number of fused-ring (bicyclic) bond motifs is 1. The number of nitrogen functional groups attached to an aromatic ring is 1. The molecule has 6 rings (SSSR count). The summed E-state index contributed by atoms with van der Waals surface area (Å²) in [6.07, 6.45) is 13.4. The summed E-state index contributed by atoms with van der Waals surface area (Å²) in [6, 6.07) is 0. The van der Waals surface area contributed by atoms with Crippen LogP contribution in [0.15, 0.2) is 24.8 Å². The number of allylic oxidation sites excluding steroid dienone is 2. The minimum absolute atomic E-state index is 0.201. The largest absolute Gasteiger partial charge is 0.444 e. The average Bonchev–Trinajstić information content (AvgIpc) is 3.57. The van der Waals surface area contributed by atoms with Crippen molar-refractivity contribution in [3.8, 4) is 11.4 Å². The van der Waals surface area contributed by atoms with Crippen molar-refractivity contribution in [1.29, 1.82) is 0 Å². The van der Waals surface area contributed by atoms with Crippen molar-refractivity contribution in [2.24, 2.45) is 12.5 Å². The van der Waals surface area contributed by atoms with Crippen LogP contribution in [-0.4, -0.2) is 67.4 Å². The average molecular weight is 546 g/mol. The molecule has 3 aliphatic rings. The zero-order valence-electron chi connectivity index (χ0n) is 23.9. The second kappa shape index (κ2) is 10.1. The van der Waals surface area contributed by atoms with Crippen molar-refractivity contribution >= 4 is 28.5 Å². The number of carbonyl (C=O) groups excluding carboxylic acids is 1. The van der Waals surface area contributed by atoms with Gasteiger partial charge < -0.3 is 24.7 Å². The molecule has 10 nitrogen and oxygen atoms in total. The molecule has 3 aromatic heterocycles. The van der Waals surface area contributed by atoms with E-state index in [-0.39, 0.29) is 11.5 Å². The smallest absolute Gasteiger partial charge is 0.410 e. The van der Waals surface area contributed by atoms with E-state index in [2.05, 4.69) is 20.6 Å². The van der Waals surface area contributed by atoms with Crippen molar-refractivity contribution in [3.63, 3.8) is 0 Å². The van der Waals surface area contributed by atoms with Crippen LogP contribution in [0.25, 0.3) is 28.0 Å². The summed E-state index contributed by atoms with van der Waals surface area (Å²) < 4.78 is 13.3. The third kappa shape index (κ3) is 4.93. The summed E-state index contributed by atoms with van der Waals surface area (Å²) in [5.74, 6) is 1.41. The number of amides is 1. The molecule has 2 aliphatic heterocycles. The highest BCUT2D eigenvalue weighted by Crippen LogP contribution is 2.48. The number of nitrogens with two attached hydrogens (primary N) is 1. The van der Waals surface area contributed by atoms with E-state index in [1.165, 1.54) is 11.9 Å². The predicted octanol–water partition coefficient (Wildman–Crippen LogP) is 5.10. The van der Waals surface area contributed by atoms with Crippen LogP contribution >= 0.6 is 0 Å². The fraction of sp³-hybridized carbons (Fsp3) is 0.567. The molecule has 2 N–H and O–H groups in total. The molecule has 0 radical (unpaired) electrons. The van der Waals surface area contributed by atoms with Gasteiger partial charge >= 0.3 is 6.09 Å². The van der Waals surface area contributed by atoms with Crippen LogP contribution in [0.4, 0.5) is 10.6 Å². The number of likely N-dealkylation sites (tertiary alicyclic amines) is 1. The number of ether oxygens (including phenoxy) is 2. The van der Waals surface area contributed by atoms with Gasteiger partial charge in [0, 0.05) is 45.1 Å². The molecule has 2 fully saturated rings. The van der Waals surface area contributed by atoms with Crippen molar-refractivity contribution in [2.45, 2.75) is 70.8 Å². The lowest BCUT2D eigenvalue weighted by Gasteiger charge is -2.43. The summed E-state index contributed by atoms with van der Waals surface area (Å²) >= 11 is 0. The lowest BCUT2D eigenvalue weighted by atomic mass is 9.68. The van der Waals surface area contributed by atoms with E-state index in [1.807, 2.05) is 45.1 Å². The van der Waals surface area contributed by atoms with E-state index < -0.39 is 5.60 Å². The van der Waals surface area contributed by atoms with Gasteiger partial charge in [0.2, 0.25) is 0 Å². The van der Waals surface area contributed by atoms with E-state index in [9.17, 15) is 4.79 Å². The molecule has 1 amide bonds. The van der Waals surface area contributed by atoms with Crippen LogP contribution in [0.2, 0.25) is 0 Å². The van der Waals surface area contributed by atoms with E-state index in [1.54, 1.807) is 0 Å². The first-order valence-corrected chi connectivity index (χ1v) is 14.3. The van der Waals surface area contributed by atoms with Gasteiger partial charge in [-0.1, -0.05) is 6.08 Å². The van der Waals surface area contributed by atoms with Crippen LogP contribution in [0.1, 0.15) is 76.5 Å². The molecule has 1 spiro atoms. The molecule has 40 heavy (non-hydrogen) atoms. The second-order valence-electron chi connectivity index (χ2n) is 12.5. The van der Waals surface area contributed by atoms with Gasteiger partial charge in [0.25, 0.3) is 0 Å². The lowest BCUT2D eigenvalue weighted by Crippen LogP contribution is -2.45. The van der Waals surface area contributed by atoms with Crippen LogP contribution in [0, 0.1) is 5.41 Å². The summed E-state index contributed by atoms with van der Waals surface area (Å²) in [5, 5.41) is 0.795. The van der Waals surface area contributed by atoms with Gasteiger partial charge in [-0.05, 0) is 75.8 Å². The Kier molecular flexibility index (Phi) is 6.76. The Morgan fingerprint density at radius 3 is 2.50 bits per heavy atom. The number of piperidine rings is 1. The van der Waals surface area contributed by atoms with Gasteiger partial charge in [-0.15, -0.1) is 0 Å². The molecule has 0 saturated carbocycles. The first kappa shape index (κ1) is 26.7. The fourth-order valence-corrected chi connectivity index (χ4v) is 6.45. The summed E-state index contributed by atoms with van der Waals surface area (Å²) in [5.41, 5.74) is 11.2. The number of aryl methyl sites for hydroxylation is 1. The molecular weight excluding hydrogens is 506 g/mol. The Hall–Kier alpha value is -3.53. The SMILES string of the molecule is Cn1c(C2=CCC3(CC2)CCN(C(=O)OC(C)(C)C)CC3)c(-c2ncc(C3CCOC3)cn2)c2c(N)ncnc21. The molecule has 10 heteroatoms. The van der Waals surface area contributed by atoms with E-state index in [4.69, 9.17) is 25.2 Å². The number of anilines is 1. The Morgan fingerprint density at radius 2 is 1.88 bits per heavy atom. The number of carbonyl (C=O) groups is 1. The predicted molar refractivity (Wildman–Crippen MR) is 153 cm³/mol. The van der Waals surface area contributed by atoms with Gasteiger partial charge in [-0.25, -0.2) is 24.7 Å². The Bertz CT molecular complexity index is 1440. The lowest BCUT2D eigenvalue weighted by molar-refractivity contribution is 0.00895. The van der Waals surface area contributed by atoms with Crippen molar-refractivity contribution in [2.75, 3.05) is 32.0 Å². The second-order valence-corrected chi connectivity index (χ2v) is 12.5. The fourth-order valence-electron chi connectivity index (χ4n) is 6.45. The zero-order valence-corrected chi connectivity index (χ0v) is 23.9. The number of aromatic nitrogens is 5. The highest BCUT2D eigenvalue weighted by atomic mass is 16.6. The molecule has 0 bridgehead atoms. The molecule has 1 unspecified atom stereocenters. The minimum atomic E-state index is -0.478. The van der Waals surface area contributed by atoms with E-state index in [0.717, 1.165) is 86.1 Å². The van der Waals surface area contributed by atoms with Gasteiger partial charge in [-0.2, -0.15) is 0 Å². The van der Waals surface area contributed by atoms with Crippen LogP contribution in [-0.2, 0) is 16.5 Å². The first-order chi connectivity index (χ1) is 19.1. The molecular formula is C30H39N7O3. The van der Waals surface area contributed by atoms with Gasteiger partial charge in [-0.3, -0.25) is 0 Å². The van der Waals surface area contributed by atoms with Gasteiger partial charge in [0.05, 0.1) is 23.3 Å². The van der Waals surface area contributed by atoms with Gasteiger partial charge in [0.1, 0.15) is 23.4 Å². The third-order valence-corrected chi connectivity index (χ3v) is 8.78. The summed E-state index contributed by atoms with van der Waals surface area (Å²) in [6.45, 7) is 8.69. The molecule has 1 atom stereocenters. The highest BCUT2D eigenvalue weighted by molar-refractivity contribution is 6.04. The number of hydrogen-bond donors (Lipinski definition) is 1. The van der Waals surface area contributed by atoms with Crippen molar-refractivity contribution in [1.82, 2.24) is 29.4 Å². The van der Waals surface area contributed by atoms with Crippen molar-refractivity contribution in [3.05, 3.63) is 36.1 Å². The minimum Gasteiger partial charge on any atom is -0.444 e. The maximum Gasteiger partial charge on any atom is 0.410 e.